The van der Waals surface area contributed by atoms with Crippen LogP contribution < -0.4 is 5.32 Å². The van der Waals surface area contributed by atoms with Crippen molar-refractivity contribution in [2.75, 3.05) is 6.61 Å². The number of hydrogen-bond donors (Lipinski definition) is 3. The van der Waals surface area contributed by atoms with Gasteiger partial charge in [-0.2, -0.15) is 12.6 Å². The lowest BCUT2D eigenvalue weighted by atomic mass is 10.0. The lowest BCUT2D eigenvalue weighted by Gasteiger charge is -2.44. The highest BCUT2D eigenvalue weighted by molar-refractivity contribution is 7.81. The molecule has 27 heavy (non-hydrogen) atoms. The van der Waals surface area contributed by atoms with Crippen molar-refractivity contribution in [1.82, 2.24) is 10.2 Å². The van der Waals surface area contributed by atoms with Crippen molar-refractivity contribution in [2.24, 2.45) is 0 Å². The molecule has 2 amide bonds. The normalized spacial score (nSPS) is 19.6. The molecule has 0 unspecified atom stereocenters. The van der Waals surface area contributed by atoms with Gasteiger partial charge in [0.05, 0.1) is 12.0 Å². The number of thiophene rings is 1. The van der Waals surface area contributed by atoms with E-state index in [1.54, 1.807) is 12.1 Å². The van der Waals surface area contributed by atoms with Crippen molar-refractivity contribution in [2.45, 2.75) is 24.8 Å². The van der Waals surface area contributed by atoms with Crippen LogP contribution in [0.2, 0.25) is 0 Å². The van der Waals surface area contributed by atoms with E-state index >= 15 is 0 Å². The summed E-state index contributed by atoms with van der Waals surface area (Å²) in [6.07, 6.45) is 0.276. The first-order chi connectivity index (χ1) is 12.8. The Morgan fingerprint density at radius 1 is 1.44 bits per heavy atom. The Bertz CT molecular complexity index is 804. The Kier molecular flexibility index (Phi) is 6.75. The summed E-state index contributed by atoms with van der Waals surface area (Å²) >= 11 is 5.56. The highest BCUT2D eigenvalue weighted by Gasteiger charge is 2.50. The van der Waals surface area contributed by atoms with E-state index in [9.17, 15) is 29.1 Å². The van der Waals surface area contributed by atoms with Gasteiger partial charge in [-0.15, -0.1) is 11.3 Å². The number of carboxylic acid groups (broad SMARTS) is 1. The Morgan fingerprint density at radius 3 is 2.63 bits per heavy atom. The molecule has 2 atom stereocenters. The Labute approximate surface area is 163 Å². The number of β-lactam (4-membered cyclic amide) rings is 1. The quantitative estimate of drug-likeness (QED) is 0.180. The first kappa shape index (κ1) is 20.6. The van der Waals surface area contributed by atoms with Crippen molar-refractivity contribution in [3.05, 3.63) is 33.7 Å². The van der Waals surface area contributed by atoms with Crippen LogP contribution in [-0.2, 0) is 35.1 Å². The zero-order chi connectivity index (χ0) is 20.1. The molecule has 0 radical (unpaired) electrons. The third kappa shape index (κ3) is 4.74. The van der Waals surface area contributed by atoms with Gasteiger partial charge >= 0.3 is 11.9 Å². The predicted octanol–water partition coefficient (Wildman–Crippen LogP) is -0.0258. The first-order valence-electron chi connectivity index (χ1n) is 7.64. The van der Waals surface area contributed by atoms with Crippen LogP contribution in [0.1, 0.15) is 11.8 Å². The first-order valence-corrected chi connectivity index (χ1v) is 9.03. The van der Waals surface area contributed by atoms with Crippen LogP contribution in [0.4, 0.5) is 0 Å². The van der Waals surface area contributed by atoms with Gasteiger partial charge in [0.1, 0.15) is 23.7 Å². The van der Waals surface area contributed by atoms with Crippen molar-refractivity contribution in [3.8, 4) is 0 Å². The van der Waals surface area contributed by atoms with Gasteiger partial charge in [-0.25, -0.2) is 4.79 Å². The number of likely N-dealkylation sites (tertiary alicyclic amines) is 1. The predicted molar refractivity (Wildman–Crippen MR) is 96.9 cm³/mol. The summed E-state index contributed by atoms with van der Waals surface area (Å²) in [7, 11) is 0. The molecule has 2 heterocycles. The van der Waals surface area contributed by atoms with Crippen molar-refractivity contribution >= 4 is 54.0 Å². The third-order valence-corrected chi connectivity index (χ3v) is 5.02. The minimum atomic E-state index is -1.56. The number of rotatable bonds is 8. The summed E-state index contributed by atoms with van der Waals surface area (Å²) in [6.45, 7) is 0.498. The molecule has 9 nitrogen and oxygen atoms in total. The summed E-state index contributed by atoms with van der Waals surface area (Å²) < 4.78 is 4.64. The van der Waals surface area contributed by atoms with E-state index in [0.29, 0.717) is 0 Å². The number of thiol groups is 1. The van der Waals surface area contributed by atoms with Crippen LogP contribution in [0.3, 0.4) is 0 Å². The van der Waals surface area contributed by atoms with Gasteiger partial charge in [-0.3, -0.25) is 24.1 Å². The maximum Gasteiger partial charge on any atom is 0.353 e. The molecule has 0 aliphatic carbocycles. The Morgan fingerprint density at radius 2 is 2.15 bits per heavy atom. The fourth-order valence-electron chi connectivity index (χ4n) is 2.38. The van der Waals surface area contributed by atoms with Crippen LogP contribution in [0.25, 0.3) is 0 Å². The van der Waals surface area contributed by atoms with Gasteiger partial charge in [0.2, 0.25) is 5.91 Å². The second-order valence-corrected chi connectivity index (χ2v) is 7.06. The van der Waals surface area contributed by atoms with E-state index in [0.717, 1.165) is 16.7 Å². The van der Waals surface area contributed by atoms with E-state index in [2.05, 4.69) is 22.7 Å². The molecule has 0 bridgehead atoms. The molecule has 0 spiro atoms. The number of hydrogen-bond acceptors (Lipinski definition) is 8. The summed E-state index contributed by atoms with van der Waals surface area (Å²) in [5.41, 5.74) is -1.03. The monoisotopic (exact) mass is 412 g/mol. The molecule has 1 fully saturated rings. The van der Waals surface area contributed by atoms with Crippen LogP contribution in [0.15, 0.2) is 28.8 Å². The molecule has 0 aromatic carbocycles. The van der Waals surface area contributed by atoms with E-state index < -0.39 is 53.0 Å². The van der Waals surface area contributed by atoms with Gasteiger partial charge < -0.3 is 15.2 Å². The Balaban J connectivity index is 2.12. The standard InChI is InChI=1S/C16H16N2O7S2/c1-8(20)25-7-9(6-19)13(16(23)24)18-14(22)12(15(18)26)17-11(21)5-10-3-2-4-27-10/h2-4,6,12,15,26H,5,7H2,1H3,(H,17,21)(H,23,24)/t12-,15-/m1/s1. The number of esters is 1. The fourth-order valence-corrected chi connectivity index (χ4v) is 3.52. The average Bonchev–Trinajstić information content (AvgIpc) is 3.11. The maximum atomic E-state index is 12.4. The number of ether oxygens (including phenoxy) is 1. The number of carboxylic acids is 1. The van der Waals surface area contributed by atoms with Gasteiger partial charge in [0, 0.05) is 11.8 Å². The molecule has 2 rings (SSSR count). The van der Waals surface area contributed by atoms with E-state index in [1.807, 2.05) is 5.38 Å². The molecule has 1 aliphatic heterocycles. The lowest BCUT2D eigenvalue weighted by Crippen LogP contribution is -2.69. The van der Waals surface area contributed by atoms with Gasteiger partial charge in [0.25, 0.3) is 5.91 Å². The molecule has 1 aromatic rings. The zero-order valence-corrected chi connectivity index (χ0v) is 15.8. The lowest BCUT2D eigenvalue weighted by molar-refractivity contribution is -0.150. The van der Waals surface area contributed by atoms with E-state index in [1.165, 1.54) is 11.3 Å². The van der Waals surface area contributed by atoms with E-state index in [-0.39, 0.29) is 12.7 Å². The molecule has 2 N–H and O–H groups in total. The highest BCUT2D eigenvalue weighted by Crippen LogP contribution is 2.30. The van der Waals surface area contributed by atoms with Crippen LogP contribution in [-0.4, -0.2) is 58.1 Å². The van der Waals surface area contributed by atoms with Crippen molar-refractivity contribution in [1.29, 1.82) is 0 Å². The minimum absolute atomic E-state index is 0.0790. The second kappa shape index (κ2) is 8.82. The largest absolute Gasteiger partial charge is 0.477 e. The minimum Gasteiger partial charge on any atom is -0.477 e. The van der Waals surface area contributed by atoms with Crippen molar-refractivity contribution < 1.29 is 33.8 Å². The Hall–Kier alpha value is -2.66. The molecule has 1 aliphatic rings. The number of aldehydes is 1. The van der Waals surface area contributed by atoms with Gasteiger partial charge in [-0.05, 0) is 11.4 Å². The maximum absolute atomic E-state index is 12.4. The summed E-state index contributed by atoms with van der Waals surface area (Å²) in [5.74, 6) is -3.41. The number of carbonyl (C=O) groups excluding carboxylic acids is 4. The number of carbonyl (C=O) groups is 5. The molecular formula is C16H16N2O7S2. The van der Waals surface area contributed by atoms with E-state index in [4.69, 9.17) is 0 Å². The molecule has 144 valence electrons. The SMILES string of the molecule is CC(=O)OCC(C=O)=C(C(=O)O)N1C(=O)[C@@H](NC(=O)Cc2cccs2)[C@H]1S. The van der Waals surface area contributed by atoms with Crippen molar-refractivity contribution in [3.63, 3.8) is 0 Å². The molecule has 1 saturated heterocycles. The highest BCUT2D eigenvalue weighted by atomic mass is 32.1. The number of amides is 2. The van der Waals surface area contributed by atoms with Crippen LogP contribution in [0.5, 0.6) is 0 Å². The smallest absolute Gasteiger partial charge is 0.353 e. The zero-order valence-electron chi connectivity index (χ0n) is 14.1. The third-order valence-electron chi connectivity index (χ3n) is 3.62. The summed E-state index contributed by atoms with van der Waals surface area (Å²) in [6, 6.07) is 2.53. The fraction of sp³-hybridized carbons (Fsp3) is 0.312. The summed E-state index contributed by atoms with van der Waals surface area (Å²) in [5, 5.41) is 12.7. The molecule has 1 aromatic heterocycles. The number of aliphatic carboxylic acids is 1. The summed E-state index contributed by atoms with van der Waals surface area (Å²) in [4.78, 5) is 59.6. The number of nitrogens with zero attached hydrogens (tertiary/aromatic N) is 1. The molecule has 0 saturated carbocycles. The van der Waals surface area contributed by atoms with Crippen LogP contribution >= 0.6 is 24.0 Å². The molecular weight excluding hydrogens is 396 g/mol. The topological polar surface area (TPSA) is 130 Å². The molecule has 11 heteroatoms. The number of nitrogens with one attached hydrogen (secondary N) is 1. The van der Waals surface area contributed by atoms with Gasteiger partial charge in [0.15, 0.2) is 6.29 Å². The second-order valence-electron chi connectivity index (χ2n) is 5.50. The van der Waals surface area contributed by atoms with Crippen LogP contribution in [0, 0.1) is 0 Å². The van der Waals surface area contributed by atoms with Gasteiger partial charge in [-0.1, -0.05) is 6.07 Å². The average molecular weight is 412 g/mol.